The summed E-state index contributed by atoms with van der Waals surface area (Å²) in [5.74, 6) is -2.08. The van der Waals surface area contributed by atoms with Gasteiger partial charge in [0.1, 0.15) is 17.3 Å². The van der Waals surface area contributed by atoms with Gasteiger partial charge in [0.05, 0.1) is 23.7 Å². The van der Waals surface area contributed by atoms with Gasteiger partial charge < -0.3 is 28.8 Å². The summed E-state index contributed by atoms with van der Waals surface area (Å²) in [6.45, 7) is 18.9. The summed E-state index contributed by atoms with van der Waals surface area (Å²) in [7, 11) is 0. The molecule has 7 heteroatoms. The summed E-state index contributed by atoms with van der Waals surface area (Å²) >= 11 is 0. The highest BCUT2D eigenvalue weighted by molar-refractivity contribution is 6.05. The van der Waals surface area contributed by atoms with E-state index in [1.54, 1.807) is 0 Å². The minimum absolute atomic E-state index is 0.0547. The van der Waals surface area contributed by atoms with E-state index in [4.69, 9.17) is 23.7 Å². The lowest BCUT2D eigenvalue weighted by atomic mass is 9.36. The first-order valence-electron chi connectivity index (χ1n) is 14.1. The van der Waals surface area contributed by atoms with E-state index in [1.165, 1.54) is 5.57 Å². The summed E-state index contributed by atoms with van der Waals surface area (Å²) in [4.78, 5) is 14.4. The lowest BCUT2D eigenvalue weighted by Crippen LogP contribution is -2.87. The molecule has 4 heterocycles. The molecule has 8 aliphatic rings. The summed E-state index contributed by atoms with van der Waals surface area (Å²) in [5.41, 5.74) is -0.548. The molecule has 0 radical (unpaired) electrons. The number of carbonyl (C=O) groups is 1. The molecule has 3 saturated carbocycles. The SMILES string of the molecule is C=C1C(=O)[C@@]23[C@@H]4OC(C)(C)O[C@]25OC[C@]2(C6=C(CC[C@H](OC(C)(C)C)O6)CC(C)(C)[C@H]2[C@@H]5O)[C@@H]3CC[C@@H]14. The lowest BCUT2D eigenvalue weighted by molar-refractivity contribution is -0.527. The maximum absolute atomic E-state index is 14.4. The Morgan fingerprint density at radius 2 is 1.84 bits per heavy atom. The second-order valence-corrected chi connectivity index (χ2v) is 14.8. The second-order valence-electron chi connectivity index (χ2n) is 14.8. The Morgan fingerprint density at radius 3 is 2.54 bits per heavy atom. The first-order chi connectivity index (χ1) is 17.1. The van der Waals surface area contributed by atoms with Crippen molar-refractivity contribution >= 4 is 5.78 Å². The van der Waals surface area contributed by atoms with Crippen molar-refractivity contribution < 1.29 is 33.6 Å². The molecule has 0 amide bonds. The maximum atomic E-state index is 14.4. The quantitative estimate of drug-likeness (QED) is 0.511. The first-order valence-corrected chi connectivity index (χ1v) is 14.1. The van der Waals surface area contributed by atoms with Gasteiger partial charge in [-0.15, -0.1) is 0 Å². The Bertz CT molecular complexity index is 1130. The van der Waals surface area contributed by atoms with E-state index in [9.17, 15) is 9.90 Å². The van der Waals surface area contributed by atoms with Crippen LogP contribution in [0.25, 0.3) is 0 Å². The highest BCUT2D eigenvalue weighted by Gasteiger charge is 2.90. The van der Waals surface area contributed by atoms with Gasteiger partial charge in [-0.2, -0.15) is 0 Å². The molecule has 0 unspecified atom stereocenters. The number of rotatable bonds is 1. The van der Waals surface area contributed by atoms with Crippen LogP contribution >= 0.6 is 0 Å². The third kappa shape index (κ3) is 2.69. The van der Waals surface area contributed by atoms with Crippen LogP contribution in [0.1, 0.15) is 80.6 Å². The van der Waals surface area contributed by atoms with Crippen LogP contribution < -0.4 is 0 Å². The fourth-order valence-electron chi connectivity index (χ4n) is 10.1. The van der Waals surface area contributed by atoms with Gasteiger partial charge in [0.25, 0.3) is 0 Å². The first kappa shape index (κ1) is 24.8. The highest BCUT2D eigenvalue weighted by Crippen LogP contribution is 2.80. The monoisotopic (exact) mass is 514 g/mol. The van der Waals surface area contributed by atoms with Crippen molar-refractivity contribution in [2.45, 2.75) is 116 Å². The number of hydrogen-bond donors (Lipinski definition) is 1. The molecule has 8 rings (SSSR count). The number of carbonyl (C=O) groups excluding carboxylic acids is 1. The van der Waals surface area contributed by atoms with Crippen molar-refractivity contribution in [2.75, 3.05) is 6.61 Å². The summed E-state index contributed by atoms with van der Waals surface area (Å²) < 4.78 is 33.2. The number of ketones is 1. The van der Waals surface area contributed by atoms with Gasteiger partial charge in [-0.25, -0.2) is 0 Å². The van der Waals surface area contributed by atoms with Crippen LogP contribution in [0.15, 0.2) is 23.5 Å². The zero-order valence-corrected chi connectivity index (χ0v) is 23.3. The molecule has 4 aliphatic carbocycles. The maximum Gasteiger partial charge on any atom is 0.213 e. The van der Waals surface area contributed by atoms with Crippen LogP contribution in [-0.2, 0) is 28.5 Å². The molecule has 1 N–H and O–H groups in total. The lowest BCUT2D eigenvalue weighted by Gasteiger charge is -2.77. The minimum Gasteiger partial charge on any atom is -0.469 e. The van der Waals surface area contributed by atoms with Crippen LogP contribution in [0.5, 0.6) is 0 Å². The molecule has 0 aromatic rings. The van der Waals surface area contributed by atoms with E-state index in [-0.39, 0.29) is 40.8 Å². The third-order valence-electron chi connectivity index (χ3n) is 10.7. The van der Waals surface area contributed by atoms with Gasteiger partial charge in [-0.3, -0.25) is 4.79 Å². The minimum atomic E-state index is -1.48. The molecule has 0 aromatic carbocycles. The third-order valence-corrected chi connectivity index (χ3v) is 10.7. The zero-order valence-electron chi connectivity index (χ0n) is 23.3. The van der Waals surface area contributed by atoms with E-state index in [0.29, 0.717) is 12.2 Å². The molecule has 0 aromatic heterocycles. The molecule has 9 atom stereocenters. The number of hydrogen-bond acceptors (Lipinski definition) is 7. The van der Waals surface area contributed by atoms with Gasteiger partial charge in [-0.05, 0) is 82.8 Å². The molecule has 6 fully saturated rings. The van der Waals surface area contributed by atoms with Crippen LogP contribution in [0.3, 0.4) is 0 Å². The topological polar surface area (TPSA) is 83.5 Å². The molecule has 37 heavy (non-hydrogen) atoms. The molecule has 3 saturated heterocycles. The van der Waals surface area contributed by atoms with Gasteiger partial charge in [0, 0.05) is 18.3 Å². The second kappa shape index (κ2) is 6.90. The largest absolute Gasteiger partial charge is 0.469 e. The standard InChI is InChI=1S/C30H42O7/c1-15-17-10-11-18-28-14-33-30(29(18,21(15)31)24(17)36-27(7,8)37-30)22(32)20(28)26(5,6)13-16-9-12-19(34-23(16)28)35-25(2,3)4/h17-20,22,24,32H,1,9-14H2,2-8H3/t17-,18-,19-,20+,22-,24+,28-,29-,30-/m0/s1. The van der Waals surface area contributed by atoms with Gasteiger partial charge in [0.15, 0.2) is 17.9 Å². The van der Waals surface area contributed by atoms with Crippen LogP contribution in [-0.4, -0.2) is 53.2 Å². The fourth-order valence-corrected chi connectivity index (χ4v) is 10.1. The van der Waals surface area contributed by atoms with E-state index in [1.807, 2.05) is 34.6 Å². The Hall–Kier alpha value is -1.25. The predicted octanol–water partition coefficient (Wildman–Crippen LogP) is 4.63. The van der Waals surface area contributed by atoms with Gasteiger partial charge in [-0.1, -0.05) is 20.4 Å². The van der Waals surface area contributed by atoms with E-state index >= 15 is 0 Å². The summed E-state index contributed by atoms with van der Waals surface area (Å²) in [6.07, 6.45) is 2.29. The van der Waals surface area contributed by atoms with Crippen molar-refractivity contribution in [1.29, 1.82) is 0 Å². The molecule has 4 bridgehead atoms. The average Bonchev–Trinajstić information content (AvgIpc) is 2.88. The number of Topliss-reactive ketones (excluding diaryl/α,β-unsaturated/α-hetero) is 1. The normalized spacial score (nSPS) is 50.8. The molecule has 4 aliphatic heterocycles. The smallest absolute Gasteiger partial charge is 0.213 e. The van der Waals surface area contributed by atoms with Crippen molar-refractivity contribution in [3.05, 3.63) is 23.5 Å². The van der Waals surface area contributed by atoms with Gasteiger partial charge in [0.2, 0.25) is 5.79 Å². The molecule has 204 valence electrons. The molecule has 7 nitrogen and oxygen atoms in total. The number of ether oxygens (including phenoxy) is 5. The Kier molecular flexibility index (Phi) is 4.62. The number of fused-ring (bicyclic) bond motifs is 1. The van der Waals surface area contributed by atoms with Crippen LogP contribution in [0, 0.1) is 34.0 Å². The summed E-state index contributed by atoms with van der Waals surface area (Å²) in [6, 6.07) is 0. The highest BCUT2D eigenvalue weighted by atomic mass is 16.8. The van der Waals surface area contributed by atoms with Crippen molar-refractivity contribution in [2.24, 2.45) is 34.0 Å². The Labute approximate surface area is 219 Å². The van der Waals surface area contributed by atoms with Gasteiger partial charge >= 0.3 is 0 Å². The van der Waals surface area contributed by atoms with Crippen LogP contribution in [0.4, 0.5) is 0 Å². The van der Waals surface area contributed by atoms with E-state index in [0.717, 1.165) is 37.9 Å². The van der Waals surface area contributed by atoms with Crippen LogP contribution in [0.2, 0.25) is 0 Å². The average molecular weight is 515 g/mol. The van der Waals surface area contributed by atoms with Crippen molar-refractivity contribution in [3.8, 4) is 0 Å². The number of allylic oxidation sites excluding steroid dienone is 1. The predicted molar refractivity (Wildman–Crippen MR) is 134 cm³/mol. The Morgan fingerprint density at radius 1 is 1.11 bits per heavy atom. The molecular weight excluding hydrogens is 472 g/mol. The Balaban J connectivity index is 1.47. The van der Waals surface area contributed by atoms with Crippen molar-refractivity contribution in [1.82, 2.24) is 0 Å². The molecular formula is C30H42O7. The van der Waals surface area contributed by atoms with E-state index < -0.39 is 34.6 Å². The summed E-state index contributed by atoms with van der Waals surface area (Å²) in [5, 5.41) is 12.5. The van der Waals surface area contributed by atoms with Crippen molar-refractivity contribution in [3.63, 3.8) is 0 Å². The zero-order chi connectivity index (χ0) is 26.6. The van der Waals surface area contributed by atoms with E-state index in [2.05, 4.69) is 20.4 Å². The fraction of sp³-hybridized carbons (Fsp3) is 0.833. The number of aliphatic hydroxyl groups is 1. The molecule has 3 spiro atoms. The number of aliphatic hydroxyl groups excluding tert-OH is 1.